The molecule has 0 fully saturated rings. The van der Waals surface area contributed by atoms with Gasteiger partial charge in [0.2, 0.25) is 0 Å². The van der Waals surface area contributed by atoms with Crippen molar-refractivity contribution in [2.45, 2.75) is 0 Å². The van der Waals surface area contributed by atoms with Crippen molar-refractivity contribution in [3.8, 4) is 0 Å². The van der Waals surface area contributed by atoms with Gasteiger partial charge in [-0.05, 0) is 0 Å². The molecule has 0 aromatic heterocycles. The van der Waals surface area contributed by atoms with Crippen LogP contribution in [0, 0.1) is 0 Å². The van der Waals surface area contributed by atoms with Gasteiger partial charge < -0.3 is 8.33 Å². The first-order valence-electron chi connectivity index (χ1n) is 0. The molecule has 0 saturated heterocycles. The van der Waals surface area contributed by atoms with E-state index in [1.54, 1.807) is 0 Å². The summed E-state index contributed by atoms with van der Waals surface area (Å²) in [5.41, 5.74) is 0. The van der Waals surface area contributed by atoms with Gasteiger partial charge in [-0.25, -0.2) is 0 Å². The molecule has 0 heterocycles. The zero-order valence-corrected chi connectivity index (χ0v) is 3.86. The van der Waals surface area contributed by atoms with Gasteiger partial charge >= 0.3 is 23.1 Å². The molecule has 2 N–H and O–H groups in total. The summed E-state index contributed by atoms with van der Waals surface area (Å²) in [6.45, 7) is 0. The van der Waals surface area contributed by atoms with Gasteiger partial charge in [0.15, 0.2) is 17.4 Å². The van der Waals surface area contributed by atoms with Crippen LogP contribution < -0.4 is 0 Å². The van der Waals surface area contributed by atoms with Crippen LogP contribution in [0.4, 0.5) is 0 Å². The van der Waals surface area contributed by atoms with E-state index in [0.717, 1.165) is 0 Å². The fraction of sp³-hybridized carbons (Fsp3) is 0. The monoisotopic (exact) mass is 137 g/mol. The van der Waals surface area contributed by atoms with Gasteiger partial charge in [0, 0.05) is 17.1 Å². The Labute approximate surface area is 65.6 Å². The summed E-state index contributed by atoms with van der Waals surface area (Å²) >= 11 is 0. The normalized spacial score (nSPS) is 0. The van der Waals surface area contributed by atoms with Gasteiger partial charge in [0.25, 0.3) is 0 Å². The maximum Gasteiger partial charge on any atom is 2.00 e. The second-order valence-corrected chi connectivity index (χ2v) is 0. The molecule has 4 heteroatoms. The largest absolute Gasteiger partial charge is 2.00 e. The van der Waals surface area contributed by atoms with E-state index >= 15 is 0 Å². The van der Waals surface area contributed by atoms with E-state index in [1.165, 1.54) is 0 Å². The SMILES string of the molecule is O.[AlH3].[Cu].[H-].[H-].[Mg+2]. The molecule has 0 unspecified atom stereocenters. The fourth-order valence-corrected chi connectivity index (χ4v) is 0. The topological polar surface area (TPSA) is 31.5 Å². The van der Waals surface area contributed by atoms with Crippen molar-refractivity contribution < 1.29 is 25.4 Å². The Morgan fingerprint density at radius 1 is 1.25 bits per heavy atom. The quantitative estimate of drug-likeness (QED) is 0.341. The van der Waals surface area contributed by atoms with E-state index in [-0.39, 0.29) is 65.8 Å². The van der Waals surface area contributed by atoms with E-state index in [0.29, 0.717) is 0 Å². The van der Waals surface area contributed by atoms with Gasteiger partial charge in [-0.15, -0.1) is 0 Å². The Bertz CT molecular complexity index is 13.5. The van der Waals surface area contributed by atoms with E-state index in [2.05, 4.69) is 0 Å². The van der Waals surface area contributed by atoms with Crippen LogP contribution in [-0.4, -0.2) is 45.9 Å². The zero-order valence-electron chi connectivity index (χ0n) is 3.51. The van der Waals surface area contributed by atoms with Crippen LogP contribution in [0.5, 0.6) is 0 Å². The minimum Gasteiger partial charge on any atom is -1.00 e. The summed E-state index contributed by atoms with van der Waals surface area (Å²) in [6, 6.07) is 0. The van der Waals surface area contributed by atoms with Crippen molar-refractivity contribution >= 4 is 40.4 Å². The van der Waals surface area contributed by atoms with Crippen molar-refractivity contribution in [3.63, 3.8) is 0 Å². The number of rotatable bonds is 0. The minimum absolute atomic E-state index is 0. The Morgan fingerprint density at radius 3 is 1.25 bits per heavy atom. The van der Waals surface area contributed by atoms with Crippen LogP contribution in [0.25, 0.3) is 0 Å². The van der Waals surface area contributed by atoms with Crippen molar-refractivity contribution in [1.82, 2.24) is 0 Å². The Morgan fingerprint density at radius 2 is 1.25 bits per heavy atom. The standard InChI is InChI=1S/Al.Cu.Mg.H2O.5H/h;;;1H2;;;;;/q;;+2;;;;;2*-1. The first-order chi connectivity index (χ1) is 0. The average molecular weight is 138 g/mol. The third-order valence-corrected chi connectivity index (χ3v) is 0. The summed E-state index contributed by atoms with van der Waals surface area (Å²) in [4.78, 5) is 0. The number of hydrogen-bond donors (Lipinski definition) is 0. The predicted octanol–water partition coefficient (Wildman–Crippen LogP) is -2.17. The van der Waals surface area contributed by atoms with Crippen LogP contribution in [-0.2, 0) is 17.1 Å². The molecule has 0 bridgehead atoms. The average Bonchev–Trinajstić information content (AvgIpc) is 0. The second-order valence-electron chi connectivity index (χ2n) is 0. The molecule has 0 aromatic carbocycles. The van der Waals surface area contributed by atoms with Crippen LogP contribution in [0.1, 0.15) is 2.85 Å². The van der Waals surface area contributed by atoms with Crippen LogP contribution in [0.15, 0.2) is 0 Å². The van der Waals surface area contributed by atoms with Crippen LogP contribution in [0.2, 0.25) is 0 Å². The molecule has 0 aliphatic heterocycles. The molecule has 0 aliphatic carbocycles. The third kappa shape index (κ3) is 9.22. The molecule has 0 atom stereocenters. The second kappa shape index (κ2) is 21.6. The van der Waals surface area contributed by atoms with Gasteiger partial charge in [0.1, 0.15) is 0 Å². The molecule has 0 spiro atoms. The minimum atomic E-state index is 0. The van der Waals surface area contributed by atoms with Gasteiger partial charge in [-0.3, -0.25) is 0 Å². The van der Waals surface area contributed by atoms with Crippen molar-refractivity contribution in [3.05, 3.63) is 0 Å². The molecule has 1 nitrogen and oxygen atoms in total. The number of hydrogen-bond acceptors (Lipinski definition) is 0. The van der Waals surface area contributed by atoms with Crippen molar-refractivity contribution in [2.75, 3.05) is 0 Å². The summed E-state index contributed by atoms with van der Waals surface area (Å²) in [5, 5.41) is 0. The van der Waals surface area contributed by atoms with Gasteiger partial charge in [-0.1, -0.05) is 0 Å². The zero-order chi connectivity index (χ0) is 0. The Kier molecular flexibility index (Phi) is 225. The van der Waals surface area contributed by atoms with Gasteiger partial charge in [-0.2, -0.15) is 0 Å². The van der Waals surface area contributed by atoms with E-state index in [1.807, 2.05) is 0 Å². The molecule has 0 amide bonds. The summed E-state index contributed by atoms with van der Waals surface area (Å²) in [6.07, 6.45) is 0. The molecular formula is H7AlCuMgO. The van der Waals surface area contributed by atoms with Crippen molar-refractivity contribution in [2.24, 2.45) is 0 Å². The Balaban J connectivity index is 0. The smallest absolute Gasteiger partial charge is 1.00 e. The van der Waals surface area contributed by atoms with Crippen LogP contribution in [0.3, 0.4) is 0 Å². The summed E-state index contributed by atoms with van der Waals surface area (Å²) in [7, 11) is 0. The summed E-state index contributed by atoms with van der Waals surface area (Å²) < 4.78 is 0. The molecule has 1 radical (unpaired) electrons. The Hall–Kier alpha value is 1.78. The molecule has 0 saturated carbocycles. The van der Waals surface area contributed by atoms with Crippen LogP contribution >= 0.6 is 0 Å². The molecule has 4 heavy (non-hydrogen) atoms. The molecule has 0 aromatic rings. The maximum absolute atomic E-state index is 0. The van der Waals surface area contributed by atoms with E-state index in [9.17, 15) is 0 Å². The van der Waals surface area contributed by atoms with E-state index < -0.39 is 0 Å². The molecular weight excluding hydrogens is 131 g/mol. The third-order valence-electron chi connectivity index (χ3n) is 0. The predicted molar refractivity (Wildman–Crippen MR) is 21.5 cm³/mol. The summed E-state index contributed by atoms with van der Waals surface area (Å²) in [5.74, 6) is 0. The first kappa shape index (κ1) is 41.7. The molecule has 0 rings (SSSR count). The first-order valence-corrected chi connectivity index (χ1v) is 0. The maximum atomic E-state index is 0. The van der Waals surface area contributed by atoms with Crippen molar-refractivity contribution in [1.29, 1.82) is 0 Å². The fourth-order valence-electron chi connectivity index (χ4n) is 0. The van der Waals surface area contributed by atoms with E-state index in [4.69, 9.17) is 0 Å². The molecule has 0 aliphatic rings. The molecule has 29 valence electrons. The van der Waals surface area contributed by atoms with Gasteiger partial charge in [0.05, 0.1) is 0 Å².